The van der Waals surface area contributed by atoms with Gasteiger partial charge in [-0.2, -0.15) is 5.10 Å². The summed E-state index contributed by atoms with van der Waals surface area (Å²) in [6, 6.07) is 5.26. The molecule has 6 nitrogen and oxygen atoms in total. The molecule has 0 bridgehead atoms. The van der Waals surface area contributed by atoms with Crippen molar-refractivity contribution in [3.05, 3.63) is 40.6 Å². The molecule has 2 aromatic rings. The number of benzene rings is 1. The number of nitrogens with two attached hydrogens (primary N) is 1. The van der Waals surface area contributed by atoms with Crippen LogP contribution < -0.4 is 11.1 Å². The first-order valence-corrected chi connectivity index (χ1v) is 7.34. The van der Waals surface area contributed by atoms with Gasteiger partial charge in [0.2, 0.25) is 5.91 Å². The maximum atomic E-state index is 10.9. The Hall–Kier alpha value is -2.02. The first-order chi connectivity index (χ1) is 9.99. The number of amides is 1. The zero-order valence-electron chi connectivity index (χ0n) is 11.6. The van der Waals surface area contributed by atoms with Gasteiger partial charge in [-0.15, -0.1) is 0 Å². The predicted molar refractivity (Wildman–Crippen MR) is 83.9 cm³/mol. The third-order valence-electron chi connectivity index (χ3n) is 3.07. The van der Waals surface area contributed by atoms with E-state index in [1.807, 2.05) is 13.0 Å². The molecule has 0 fully saturated rings. The summed E-state index contributed by atoms with van der Waals surface area (Å²) in [5.74, 6) is -0.205. The Morgan fingerprint density at radius 3 is 3.00 bits per heavy atom. The van der Waals surface area contributed by atoms with E-state index in [0.29, 0.717) is 0 Å². The van der Waals surface area contributed by atoms with E-state index < -0.39 is 5.91 Å². The van der Waals surface area contributed by atoms with Crippen molar-refractivity contribution in [1.29, 1.82) is 0 Å². The number of phenols is 1. The Labute approximate surface area is 131 Å². The average Bonchev–Trinajstić information content (AvgIpc) is 2.85. The Morgan fingerprint density at radius 1 is 1.57 bits per heavy atom. The van der Waals surface area contributed by atoms with Gasteiger partial charge in [-0.25, -0.2) is 0 Å². The van der Waals surface area contributed by atoms with Crippen molar-refractivity contribution in [2.24, 2.45) is 5.73 Å². The molecule has 0 aliphatic heterocycles. The summed E-state index contributed by atoms with van der Waals surface area (Å²) < 4.78 is 2.37. The van der Waals surface area contributed by atoms with Crippen LogP contribution in [-0.4, -0.2) is 20.8 Å². The number of carbonyl (C=O) groups is 1. The van der Waals surface area contributed by atoms with Gasteiger partial charge in [0.1, 0.15) is 12.3 Å². The van der Waals surface area contributed by atoms with E-state index in [1.54, 1.807) is 24.5 Å². The highest BCUT2D eigenvalue weighted by molar-refractivity contribution is 9.10. The second-order valence-corrected chi connectivity index (χ2v) is 5.62. The van der Waals surface area contributed by atoms with E-state index >= 15 is 0 Å². The van der Waals surface area contributed by atoms with Crippen LogP contribution in [0.5, 0.6) is 5.75 Å². The van der Waals surface area contributed by atoms with Gasteiger partial charge in [-0.3, -0.25) is 9.48 Å². The van der Waals surface area contributed by atoms with E-state index in [9.17, 15) is 9.90 Å². The van der Waals surface area contributed by atoms with Gasteiger partial charge in [0.05, 0.1) is 17.9 Å². The van der Waals surface area contributed by atoms with Crippen molar-refractivity contribution >= 4 is 27.5 Å². The number of rotatable bonds is 6. The van der Waals surface area contributed by atoms with E-state index in [0.717, 1.165) is 22.1 Å². The Balaban J connectivity index is 2.17. The zero-order valence-corrected chi connectivity index (χ0v) is 13.2. The fourth-order valence-corrected chi connectivity index (χ4v) is 2.47. The summed E-state index contributed by atoms with van der Waals surface area (Å²) in [6.45, 7) is 2.06. The molecule has 21 heavy (non-hydrogen) atoms. The molecule has 1 amide bonds. The summed E-state index contributed by atoms with van der Waals surface area (Å²) in [5.41, 5.74) is 6.70. The molecule has 0 aliphatic carbocycles. The van der Waals surface area contributed by atoms with Gasteiger partial charge in [-0.1, -0.05) is 22.9 Å². The number of halogens is 1. The highest BCUT2D eigenvalue weighted by atomic mass is 79.9. The van der Waals surface area contributed by atoms with Crippen molar-refractivity contribution in [2.75, 3.05) is 5.32 Å². The monoisotopic (exact) mass is 352 g/mol. The summed E-state index contributed by atoms with van der Waals surface area (Å²) >= 11 is 3.40. The highest BCUT2D eigenvalue weighted by Gasteiger charge is 2.15. The molecular weight excluding hydrogens is 336 g/mol. The molecule has 7 heteroatoms. The molecule has 1 aromatic carbocycles. The van der Waals surface area contributed by atoms with E-state index in [1.165, 1.54) is 4.68 Å². The first-order valence-electron chi connectivity index (χ1n) is 6.55. The van der Waals surface area contributed by atoms with Crippen LogP contribution in [0, 0.1) is 0 Å². The minimum absolute atomic E-state index is 0.0423. The molecule has 1 aromatic heterocycles. The Morgan fingerprint density at radius 2 is 2.33 bits per heavy atom. The molecule has 2 rings (SSSR count). The topological polar surface area (TPSA) is 93.2 Å². The molecule has 112 valence electrons. The maximum absolute atomic E-state index is 10.9. The van der Waals surface area contributed by atoms with Crippen LogP contribution in [0.4, 0.5) is 5.69 Å². The number of aromatic nitrogens is 2. The molecule has 0 saturated carbocycles. The van der Waals surface area contributed by atoms with Crippen LogP contribution in [0.3, 0.4) is 0 Å². The molecule has 1 atom stereocenters. The summed E-state index contributed by atoms with van der Waals surface area (Å²) in [5, 5.41) is 17.3. The van der Waals surface area contributed by atoms with Gasteiger partial charge in [-0.05, 0) is 24.6 Å². The number of phenolic OH excluding ortho intramolecular Hbond substituents is 1. The summed E-state index contributed by atoms with van der Waals surface area (Å²) in [6.07, 6.45) is 4.12. The van der Waals surface area contributed by atoms with Crippen molar-refractivity contribution in [3.8, 4) is 5.75 Å². The SMILES string of the molecule is CCC(Nc1cnn(CC(N)=O)c1)c1cc(Br)ccc1O. The third kappa shape index (κ3) is 3.98. The third-order valence-corrected chi connectivity index (χ3v) is 3.56. The number of aromatic hydroxyl groups is 1. The van der Waals surface area contributed by atoms with Crippen molar-refractivity contribution < 1.29 is 9.90 Å². The normalized spacial score (nSPS) is 12.1. The van der Waals surface area contributed by atoms with Gasteiger partial charge in [0.25, 0.3) is 0 Å². The predicted octanol–water partition coefficient (Wildman–Crippen LogP) is 2.40. The quantitative estimate of drug-likeness (QED) is 0.743. The van der Waals surface area contributed by atoms with Gasteiger partial charge in [0, 0.05) is 16.2 Å². The number of hydrogen-bond donors (Lipinski definition) is 3. The molecule has 0 spiro atoms. The number of primary amides is 1. The fraction of sp³-hybridized carbons (Fsp3) is 0.286. The van der Waals surface area contributed by atoms with E-state index in [2.05, 4.69) is 26.3 Å². The lowest BCUT2D eigenvalue weighted by atomic mass is 10.0. The maximum Gasteiger partial charge on any atom is 0.239 e. The lowest BCUT2D eigenvalue weighted by Crippen LogP contribution is -2.18. The minimum atomic E-state index is -0.443. The molecule has 4 N–H and O–H groups in total. The summed E-state index contributed by atoms with van der Waals surface area (Å²) in [4.78, 5) is 10.9. The molecule has 0 aliphatic rings. The number of nitrogens with one attached hydrogen (secondary N) is 1. The Bertz CT molecular complexity index is 642. The van der Waals surface area contributed by atoms with Gasteiger partial charge < -0.3 is 16.2 Å². The Kier molecular flexibility index (Phi) is 4.85. The van der Waals surface area contributed by atoms with Gasteiger partial charge in [0.15, 0.2) is 0 Å². The fourth-order valence-electron chi connectivity index (χ4n) is 2.09. The number of anilines is 1. The first kappa shape index (κ1) is 15.4. The van der Waals surface area contributed by atoms with E-state index in [-0.39, 0.29) is 18.3 Å². The lowest BCUT2D eigenvalue weighted by Gasteiger charge is -2.19. The van der Waals surface area contributed by atoms with Crippen molar-refractivity contribution in [3.63, 3.8) is 0 Å². The minimum Gasteiger partial charge on any atom is -0.508 e. The molecular formula is C14H17BrN4O2. The van der Waals surface area contributed by atoms with Crippen molar-refractivity contribution in [1.82, 2.24) is 9.78 Å². The standard InChI is InChI=1S/C14H17BrN4O2/c1-2-12(11-5-9(15)3-4-13(11)20)18-10-6-17-19(7-10)8-14(16)21/h3-7,12,18,20H,2,8H2,1H3,(H2,16,21). The second-order valence-electron chi connectivity index (χ2n) is 4.70. The largest absolute Gasteiger partial charge is 0.508 e. The highest BCUT2D eigenvalue weighted by Crippen LogP contribution is 2.31. The summed E-state index contributed by atoms with van der Waals surface area (Å²) in [7, 11) is 0. The van der Waals surface area contributed by atoms with Crippen LogP contribution in [0.15, 0.2) is 35.1 Å². The van der Waals surface area contributed by atoms with E-state index in [4.69, 9.17) is 5.73 Å². The molecule has 1 heterocycles. The number of carbonyl (C=O) groups excluding carboxylic acids is 1. The molecule has 0 radical (unpaired) electrons. The van der Waals surface area contributed by atoms with Gasteiger partial charge >= 0.3 is 0 Å². The van der Waals surface area contributed by atoms with Crippen LogP contribution in [0.25, 0.3) is 0 Å². The lowest BCUT2D eigenvalue weighted by molar-refractivity contribution is -0.118. The smallest absolute Gasteiger partial charge is 0.239 e. The average molecular weight is 353 g/mol. The number of hydrogen-bond acceptors (Lipinski definition) is 4. The second kappa shape index (κ2) is 6.62. The van der Waals surface area contributed by atoms with Crippen LogP contribution in [0.1, 0.15) is 24.9 Å². The molecule has 0 saturated heterocycles. The van der Waals surface area contributed by atoms with Crippen molar-refractivity contribution in [2.45, 2.75) is 25.9 Å². The molecule has 1 unspecified atom stereocenters. The number of nitrogens with zero attached hydrogens (tertiary/aromatic N) is 2. The van der Waals surface area contributed by atoms with Crippen LogP contribution >= 0.6 is 15.9 Å². The zero-order chi connectivity index (χ0) is 15.4. The van der Waals surface area contributed by atoms with Crippen LogP contribution in [0.2, 0.25) is 0 Å². The van der Waals surface area contributed by atoms with Crippen LogP contribution in [-0.2, 0) is 11.3 Å².